The molecule has 1 aromatic heterocycles. The third-order valence-electron chi connectivity index (χ3n) is 11.8. The number of phenolic OH excluding ortho intramolecular Hbond substituents is 1. The Kier molecular flexibility index (Phi) is 18.3. The van der Waals surface area contributed by atoms with E-state index in [4.69, 9.17) is 43.4 Å². The van der Waals surface area contributed by atoms with Crippen molar-refractivity contribution < 1.29 is 62.3 Å². The fraction of sp³-hybridized carbons (Fsp3) is 0.417. The number of aromatic hydroxyl groups is 1. The van der Waals surface area contributed by atoms with Crippen LogP contribution in [0.15, 0.2) is 60.7 Å². The van der Waals surface area contributed by atoms with Gasteiger partial charge in [0, 0.05) is 68.6 Å². The number of nitrogens with one attached hydrogen (secondary N) is 2. The molecule has 1 aliphatic heterocycles. The molecule has 4 bridgehead atoms. The Morgan fingerprint density at radius 2 is 1.56 bits per heavy atom. The number of rotatable bonds is 18. The summed E-state index contributed by atoms with van der Waals surface area (Å²) in [5.41, 5.74) is 19.5. The molecule has 2 amide bonds. The minimum atomic E-state index is -4.50. The Labute approximate surface area is 416 Å². The summed E-state index contributed by atoms with van der Waals surface area (Å²) in [5.74, 6) is -8.89. The number of carboxylic acids is 1. The first-order chi connectivity index (χ1) is 33.2. The third-order valence-corrected chi connectivity index (χ3v) is 12.7. The number of nitrogens with two attached hydrogens (primary N) is 4. The molecule has 23 heteroatoms. The number of nitrogens with zero attached hydrogens (tertiary/aromatic N) is 2. The Morgan fingerprint density at radius 1 is 0.944 bits per heavy atom. The number of nitrogen functional groups attached to an aromatic ring is 1. The van der Waals surface area contributed by atoms with Crippen LogP contribution in [0.1, 0.15) is 73.6 Å². The van der Waals surface area contributed by atoms with Gasteiger partial charge in [0.25, 0.3) is 10.2 Å². The number of aromatic nitrogens is 1. The second-order valence-electron chi connectivity index (χ2n) is 18.5. The first kappa shape index (κ1) is 55.7. The summed E-state index contributed by atoms with van der Waals surface area (Å²) in [6.45, 7) is 5.51. The molecule has 384 valence electrons. The average molecular weight is 1030 g/mol. The molecule has 14 N–H and O–H groups in total. The summed E-state index contributed by atoms with van der Waals surface area (Å²) in [5, 5.41) is 50.4. The quantitative estimate of drug-likeness (QED) is 0.0637. The molecule has 0 aliphatic carbocycles. The smallest absolute Gasteiger partial charge is 0.326 e. The van der Waals surface area contributed by atoms with E-state index in [2.05, 4.69) is 31.1 Å². The van der Waals surface area contributed by atoms with Crippen molar-refractivity contribution in [2.45, 2.75) is 76.7 Å². The van der Waals surface area contributed by atoms with Crippen LogP contribution in [0.5, 0.6) is 17.2 Å². The van der Waals surface area contributed by atoms with E-state index in [1.165, 1.54) is 50.4 Å². The summed E-state index contributed by atoms with van der Waals surface area (Å²) >= 11 is 6.70. The van der Waals surface area contributed by atoms with Crippen molar-refractivity contribution in [3.8, 4) is 39.6 Å². The Morgan fingerprint density at radius 3 is 2.13 bits per heavy atom. The molecule has 1 aliphatic rings. The Bertz CT molecular complexity index is 2730. The van der Waals surface area contributed by atoms with Crippen LogP contribution in [0.25, 0.3) is 22.4 Å². The van der Waals surface area contributed by atoms with Crippen LogP contribution in [0.3, 0.4) is 0 Å². The number of fused-ring (bicyclic) bond motifs is 5. The highest BCUT2D eigenvalue weighted by atomic mass is 35.5. The van der Waals surface area contributed by atoms with Crippen LogP contribution in [-0.2, 0) is 41.2 Å². The van der Waals surface area contributed by atoms with E-state index in [1.54, 1.807) is 0 Å². The number of likely N-dealkylation sites (N-methyl/N-ethyl adjacent to an activating group) is 1. The lowest BCUT2D eigenvalue weighted by molar-refractivity contribution is -0.143. The van der Waals surface area contributed by atoms with Gasteiger partial charge in [-0.2, -0.15) is 8.42 Å². The zero-order chi connectivity index (χ0) is 52.7. The number of anilines is 1. The largest absolute Gasteiger partial charge is 0.504 e. The van der Waals surface area contributed by atoms with Crippen LogP contribution in [0, 0.1) is 11.8 Å². The first-order valence-electron chi connectivity index (χ1n) is 22.4. The second-order valence-corrected chi connectivity index (χ2v) is 20.3. The molecule has 6 atom stereocenters. The molecule has 5 rings (SSSR count). The molecule has 0 saturated heterocycles. The van der Waals surface area contributed by atoms with Crippen LogP contribution in [-0.4, -0.2) is 126 Å². The number of pyridine rings is 1. The van der Waals surface area contributed by atoms with Crippen LogP contribution < -0.4 is 41.9 Å². The molecule has 0 saturated carbocycles. The number of halogens is 1. The summed E-state index contributed by atoms with van der Waals surface area (Å²) in [7, 11) is -3.32. The first-order valence-corrected chi connectivity index (χ1v) is 24.4. The van der Waals surface area contributed by atoms with Gasteiger partial charge in [-0.1, -0.05) is 69.6 Å². The predicted octanol–water partition coefficient (Wildman–Crippen LogP) is 1.95. The van der Waals surface area contributed by atoms with Gasteiger partial charge in [0.15, 0.2) is 23.1 Å². The van der Waals surface area contributed by atoms with Gasteiger partial charge >= 0.3 is 5.97 Å². The molecule has 2 heterocycles. The number of ether oxygens (including phenoxy) is 2. The van der Waals surface area contributed by atoms with Crippen molar-refractivity contribution >= 4 is 57.0 Å². The fourth-order valence-corrected chi connectivity index (χ4v) is 8.57. The van der Waals surface area contributed by atoms with Gasteiger partial charge in [-0.15, -0.1) is 0 Å². The van der Waals surface area contributed by atoms with Gasteiger partial charge in [0.2, 0.25) is 11.8 Å². The number of hydrogen-bond acceptors (Lipinski definition) is 16. The molecule has 0 fully saturated rings. The molecule has 0 spiro atoms. The zero-order valence-electron chi connectivity index (χ0n) is 39.8. The number of aliphatic hydroxyl groups is 2. The monoisotopic (exact) mass is 1020 g/mol. The molecule has 71 heavy (non-hydrogen) atoms. The lowest BCUT2D eigenvalue weighted by atomic mass is 9.86. The van der Waals surface area contributed by atoms with Crippen molar-refractivity contribution in [1.82, 2.24) is 19.9 Å². The van der Waals surface area contributed by atoms with E-state index < -0.39 is 107 Å². The maximum Gasteiger partial charge on any atom is 0.326 e. The van der Waals surface area contributed by atoms with E-state index in [0.717, 1.165) is 10.5 Å². The zero-order valence-corrected chi connectivity index (χ0v) is 41.4. The van der Waals surface area contributed by atoms with Crippen molar-refractivity contribution in [1.29, 1.82) is 0 Å². The van der Waals surface area contributed by atoms with Crippen LogP contribution in [0.2, 0.25) is 5.02 Å². The molecule has 3 aromatic carbocycles. The lowest BCUT2D eigenvalue weighted by Crippen LogP contribution is -2.46. The molecule has 0 unspecified atom stereocenters. The Balaban J connectivity index is 1.67. The number of phenols is 1. The van der Waals surface area contributed by atoms with Crippen LogP contribution >= 0.6 is 11.6 Å². The maximum absolute atomic E-state index is 14.9. The van der Waals surface area contributed by atoms with Gasteiger partial charge < -0.3 is 57.3 Å². The highest BCUT2D eigenvalue weighted by molar-refractivity contribution is 7.87. The number of aliphatic carboxylic acids is 1. The number of carbonyl (C=O) groups excluding carboxylic acids is 4. The highest BCUT2D eigenvalue weighted by Gasteiger charge is 2.38. The van der Waals surface area contributed by atoms with Crippen molar-refractivity contribution in [2.75, 3.05) is 45.6 Å². The molecular formula is C48H61ClN8O13S. The highest BCUT2D eigenvalue weighted by Crippen LogP contribution is 2.45. The van der Waals surface area contributed by atoms with Gasteiger partial charge in [-0.25, -0.2) is 19.6 Å². The topological polar surface area (TPSA) is 363 Å². The number of benzene rings is 3. The van der Waals surface area contributed by atoms with E-state index in [9.17, 15) is 52.8 Å². The Hall–Kier alpha value is -6.24. The maximum atomic E-state index is 14.9. The van der Waals surface area contributed by atoms with E-state index in [0.29, 0.717) is 16.8 Å². The van der Waals surface area contributed by atoms with Crippen LogP contribution in [0.4, 0.5) is 5.82 Å². The number of ketones is 2. The third kappa shape index (κ3) is 14.2. The summed E-state index contributed by atoms with van der Waals surface area (Å²) in [4.78, 5) is 75.4. The van der Waals surface area contributed by atoms with Crippen molar-refractivity contribution in [3.05, 3.63) is 87.9 Å². The minimum absolute atomic E-state index is 0.0251. The molecule has 4 aromatic rings. The molecule has 21 nitrogen and oxygen atoms in total. The second kappa shape index (κ2) is 23.3. The minimum Gasteiger partial charge on any atom is -0.504 e. The number of carboxylic acid groups (broad SMARTS) is 1. The SMILES string of the molecule is C[C@@H]1CC(=O)[C@@H](N(C)C(=O)[C@H](CNS(N)(=O)=O)CC(=O)c2c(Cl)cc(-c3ccc(C(C)(C)C)cc3)nc2N)c2cc(OC[C@H](O)CN)c(O)c(c2)-c2cc(ccc2OC[C@H](O)CN)C[C@@H](C(=O)O)NC1=O. The molecule has 0 radical (unpaired) electrons. The van der Waals surface area contributed by atoms with Crippen molar-refractivity contribution in [3.63, 3.8) is 0 Å². The van der Waals surface area contributed by atoms with E-state index in [1.807, 2.05) is 29.0 Å². The number of aliphatic hydroxyl groups excluding tert-OH is 2. The van der Waals surface area contributed by atoms with Gasteiger partial charge in [0.1, 0.15) is 49.1 Å². The van der Waals surface area contributed by atoms with Crippen molar-refractivity contribution in [2.24, 2.45) is 28.4 Å². The standard InChI is InChI=1S/C48H61ClN8O13S/c1-24-12-38(61)42(57(5)46(64)28(21-54-71(53,67)68)16-37(60)41-34(49)18-35(55-44(41)52)26-7-9-29(10-8-26)48(2,3)4)27-15-33(43(62)40(17-27)70-23-31(59)20-51)32-13-25(14-36(47(65)66)56-45(24)63)6-11-39(32)69-22-30(58)19-50/h6-11,13,15,17-18,24,28,30-31,36,42,54,58-59,62H,12,14,16,19-23,50-51H2,1-5H3,(H2,52,55)(H,56,63)(H,65,66)(H2,53,67,68)/t24-,28+,30-,31-,36+,42+/m1/s1. The van der Waals surface area contributed by atoms with Gasteiger partial charge in [0.05, 0.1) is 22.2 Å². The number of Topliss-reactive ketones (excluding diaryl/α,β-unsaturated/α-hetero) is 2. The van der Waals surface area contributed by atoms with E-state index >= 15 is 0 Å². The summed E-state index contributed by atoms with van der Waals surface area (Å²) in [6.07, 6.45) is -4.04. The summed E-state index contributed by atoms with van der Waals surface area (Å²) < 4.78 is 38.4. The van der Waals surface area contributed by atoms with Gasteiger partial charge in [-0.3, -0.25) is 19.2 Å². The normalized spacial score (nSPS) is 17.8. The lowest BCUT2D eigenvalue weighted by Gasteiger charge is -2.32. The summed E-state index contributed by atoms with van der Waals surface area (Å²) in [6, 6.07) is 12.6. The fourth-order valence-electron chi connectivity index (χ4n) is 7.83. The number of carbonyl (C=O) groups is 5. The van der Waals surface area contributed by atoms with E-state index in [-0.39, 0.29) is 76.1 Å². The average Bonchev–Trinajstić information content (AvgIpc) is 3.30. The number of amides is 2. The number of hydrogen-bond donors (Lipinski definition) is 10. The van der Waals surface area contributed by atoms with Gasteiger partial charge in [-0.05, 0) is 52.4 Å². The predicted molar refractivity (Wildman–Crippen MR) is 264 cm³/mol. The molecular weight excluding hydrogens is 964 g/mol.